The van der Waals surface area contributed by atoms with Crippen LogP contribution in [0, 0.1) is 12.7 Å². The summed E-state index contributed by atoms with van der Waals surface area (Å²) in [6.45, 7) is 4.27. The van der Waals surface area contributed by atoms with Crippen LogP contribution in [-0.2, 0) is 9.53 Å². The molecule has 0 bridgehead atoms. The van der Waals surface area contributed by atoms with Crippen molar-refractivity contribution in [1.29, 1.82) is 0 Å². The average Bonchev–Trinajstić information content (AvgIpc) is 3.39. The van der Waals surface area contributed by atoms with Crippen molar-refractivity contribution in [3.05, 3.63) is 46.5 Å². The van der Waals surface area contributed by atoms with Crippen molar-refractivity contribution in [3.8, 4) is 5.75 Å². The first-order valence-electron chi connectivity index (χ1n) is 9.91. The van der Waals surface area contributed by atoms with Gasteiger partial charge in [0.25, 0.3) is 5.91 Å². The van der Waals surface area contributed by atoms with E-state index in [1.807, 2.05) is 29.3 Å². The molecular weight excluding hydrogens is 437 g/mol. The van der Waals surface area contributed by atoms with Crippen LogP contribution < -0.4 is 15.0 Å². The Balaban J connectivity index is 1.28. The van der Waals surface area contributed by atoms with Crippen LogP contribution in [0.2, 0.25) is 0 Å². The van der Waals surface area contributed by atoms with E-state index in [2.05, 4.69) is 10.3 Å². The lowest BCUT2D eigenvalue weighted by molar-refractivity contribution is -0.118. The maximum Gasteiger partial charge on any atom is 0.262 e. The Morgan fingerprint density at radius 2 is 2.13 bits per heavy atom. The molecule has 0 atom stereocenters. The van der Waals surface area contributed by atoms with Gasteiger partial charge >= 0.3 is 0 Å². The number of hydrogen-bond acceptors (Lipinski definition) is 7. The third kappa shape index (κ3) is 4.08. The van der Waals surface area contributed by atoms with Gasteiger partial charge in [0.15, 0.2) is 6.61 Å². The van der Waals surface area contributed by atoms with Gasteiger partial charge in [0, 0.05) is 30.2 Å². The van der Waals surface area contributed by atoms with Gasteiger partial charge in [0.05, 0.1) is 38.8 Å². The molecule has 0 unspecified atom stereocenters. The summed E-state index contributed by atoms with van der Waals surface area (Å²) in [5.41, 5.74) is 1.89. The van der Waals surface area contributed by atoms with E-state index in [1.165, 1.54) is 6.07 Å². The maximum absolute atomic E-state index is 14.6. The molecule has 3 heterocycles. The minimum Gasteiger partial charge on any atom is -0.483 e. The Morgan fingerprint density at radius 3 is 2.94 bits per heavy atom. The van der Waals surface area contributed by atoms with E-state index in [4.69, 9.17) is 9.47 Å². The Hall–Kier alpha value is -2.75. The second-order valence-electron chi connectivity index (χ2n) is 7.22. The Bertz CT molecular complexity index is 1260. The number of rotatable bonds is 5. The fourth-order valence-electron chi connectivity index (χ4n) is 3.69. The van der Waals surface area contributed by atoms with Crippen LogP contribution in [0.3, 0.4) is 0 Å². The highest BCUT2D eigenvalue weighted by Crippen LogP contribution is 2.38. The quantitative estimate of drug-likeness (QED) is 0.466. The standard InChI is InChI=1S/C22H20FN3O3S2/c1-13-24-21-19(31-13)11-18(15-4-9-30-22(15)21)29-12-20(27)25-14-2-3-17(16(23)10-14)26-5-7-28-8-6-26/h2-4,9-11H,5-8,12H2,1H3,(H,25,27). The molecule has 0 aliphatic carbocycles. The summed E-state index contributed by atoms with van der Waals surface area (Å²) in [6.07, 6.45) is 0. The number of anilines is 2. The fourth-order valence-corrected chi connectivity index (χ4v) is 5.53. The zero-order valence-electron chi connectivity index (χ0n) is 16.8. The molecule has 6 nitrogen and oxygen atoms in total. The lowest BCUT2D eigenvalue weighted by atomic mass is 10.2. The number of nitrogens with one attached hydrogen (secondary N) is 1. The first kappa shape index (κ1) is 20.2. The molecule has 2 aromatic heterocycles. The number of ether oxygens (including phenoxy) is 2. The van der Waals surface area contributed by atoms with Crippen molar-refractivity contribution in [1.82, 2.24) is 4.98 Å². The van der Waals surface area contributed by atoms with E-state index in [0.717, 1.165) is 25.3 Å². The molecule has 0 saturated carbocycles. The Labute approximate surface area is 186 Å². The smallest absolute Gasteiger partial charge is 0.262 e. The van der Waals surface area contributed by atoms with Gasteiger partial charge in [-0.25, -0.2) is 9.37 Å². The number of nitrogens with zero attached hydrogens (tertiary/aromatic N) is 2. The molecule has 1 amide bonds. The van der Waals surface area contributed by atoms with Crippen LogP contribution >= 0.6 is 22.7 Å². The van der Waals surface area contributed by atoms with E-state index in [0.29, 0.717) is 43.4 Å². The van der Waals surface area contributed by atoms with Crippen LogP contribution in [0.15, 0.2) is 35.7 Å². The second kappa shape index (κ2) is 8.41. The van der Waals surface area contributed by atoms with Gasteiger partial charge in [-0.15, -0.1) is 22.7 Å². The van der Waals surface area contributed by atoms with E-state index in [1.54, 1.807) is 34.8 Å². The zero-order chi connectivity index (χ0) is 21.4. The van der Waals surface area contributed by atoms with E-state index in [-0.39, 0.29) is 18.3 Å². The third-order valence-electron chi connectivity index (χ3n) is 5.11. The number of fused-ring (bicyclic) bond motifs is 3. The highest BCUT2D eigenvalue weighted by atomic mass is 32.1. The fraction of sp³-hybridized carbons (Fsp3) is 0.273. The zero-order valence-corrected chi connectivity index (χ0v) is 18.4. The van der Waals surface area contributed by atoms with Crippen molar-refractivity contribution < 1.29 is 18.7 Å². The number of morpholine rings is 1. The number of carbonyl (C=O) groups is 1. The summed E-state index contributed by atoms with van der Waals surface area (Å²) in [7, 11) is 0. The number of aryl methyl sites for hydroxylation is 1. The summed E-state index contributed by atoms with van der Waals surface area (Å²) in [6, 6.07) is 8.63. The maximum atomic E-state index is 14.6. The molecular formula is C22H20FN3O3S2. The van der Waals surface area contributed by atoms with Crippen LogP contribution in [-0.4, -0.2) is 43.8 Å². The van der Waals surface area contributed by atoms with E-state index in [9.17, 15) is 9.18 Å². The number of halogens is 1. The lowest BCUT2D eigenvalue weighted by Crippen LogP contribution is -2.36. The van der Waals surface area contributed by atoms with Crippen molar-refractivity contribution >= 4 is 60.3 Å². The van der Waals surface area contributed by atoms with Gasteiger partial charge in [-0.2, -0.15) is 0 Å². The summed E-state index contributed by atoms with van der Waals surface area (Å²) in [5, 5.41) is 6.63. The van der Waals surface area contributed by atoms with Crippen LogP contribution in [0.25, 0.3) is 20.3 Å². The minimum atomic E-state index is -0.369. The summed E-state index contributed by atoms with van der Waals surface area (Å²) >= 11 is 3.20. The predicted octanol–water partition coefficient (Wildman–Crippen LogP) is 4.81. The van der Waals surface area contributed by atoms with Gasteiger partial charge < -0.3 is 19.7 Å². The molecule has 1 fully saturated rings. The van der Waals surface area contributed by atoms with Crippen molar-refractivity contribution in [2.24, 2.45) is 0 Å². The number of amides is 1. The van der Waals surface area contributed by atoms with Crippen LogP contribution in [0.1, 0.15) is 5.01 Å². The van der Waals surface area contributed by atoms with Gasteiger partial charge in [0.2, 0.25) is 0 Å². The number of thiazole rings is 1. The highest BCUT2D eigenvalue weighted by molar-refractivity contribution is 7.21. The summed E-state index contributed by atoms with van der Waals surface area (Å²) in [5.74, 6) is -0.0644. The number of aromatic nitrogens is 1. The molecule has 0 spiro atoms. The average molecular weight is 458 g/mol. The van der Waals surface area contributed by atoms with Crippen molar-refractivity contribution in [3.63, 3.8) is 0 Å². The van der Waals surface area contributed by atoms with E-state index < -0.39 is 0 Å². The summed E-state index contributed by atoms with van der Waals surface area (Å²) in [4.78, 5) is 19.0. The molecule has 5 rings (SSSR count). The topological polar surface area (TPSA) is 63.7 Å². The first-order chi connectivity index (χ1) is 15.1. The van der Waals surface area contributed by atoms with E-state index >= 15 is 0 Å². The highest BCUT2D eigenvalue weighted by Gasteiger charge is 2.17. The first-order valence-corrected chi connectivity index (χ1v) is 11.6. The van der Waals surface area contributed by atoms with Crippen molar-refractivity contribution in [2.45, 2.75) is 6.92 Å². The van der Waals surface area contributed by atoms with Gasteiger partial charge in [-0.05, 0) is 36.6 Å². The minimum absolute atomic E-state index is 0.166. The third-order valence-corrected chi connectivity index (χ3v) is 6.95. The van der Waals surface area contributed by atoms with Crippen molar-refractivity contribution in [2.75, 3.05) is 43.1 Å². The Kier molecular flexibility index (Phi) is 5.47. The van der Waals surface area contributed by atoms with Gasteiger partial charge in [0.1, 0.15) is 11.6 Å². The monoisotopic (exact) mass is 457 g/mol. The number of hydrogen-bond donors (Lipinski definition) is 1. The molecule has 31 heavy (non-hydrogen) atoms. The molecule has 1 saturated heterocycles. The van der Waals surface area contributed by atoms with Crippen LogP contribution in [0.5, 0.6) is 5.75 Å². The summed E-state index contributed by atoms with van der Waals surface area (Å²) < 4.78 is 27.8. The largest absolute Gasteiger partial charge is 0.483 e. The van der Waals surface area contributed by atoms with Gasteiger partial charge in [-0.3, -0.25) is 4.79 Å². The predicted molar refractivity (Wildman–Crippen MR) is 123 cm³/mol. The van der Waals surface area contributed by atoms with Crippen LogP contribution in [0.4, 0.5) is 15.8 Å². The molecule has 2 aromatic carbocycles. The number of carbonyl (C=O) groups excluding carboxylic acids is 1. The molecule has 4 aromatic rings. The molecule has 1 N–H and O–H groups in total. The number of benzene rings is 2. The van der Waals surface area contributed by atoms with Gasteiger partial charge in [-0.1, -0.05) is 0 Å². The lowest BCUT2D eigenvalue weighted by Gasteiger charge is -2.29. The molecule has 160 valence electrons. The molecule has 9 heteroatoms. The SMILES string of the molecule is Cc1nc2c(cc(OCC(=O)Nc3ccc(N4CCOCC4)c(F)c3)c3ccsc32)s1. The molecule has 1 aliphatic heterocycles. The second-order valence-corrected chi connectivity index (χ2v) is 9.37. The molecule has 1 aliphatic rings. The Morgan fingerprint density at radius 1 is 1.29 bits per heavy atom. The normalized spacial score (nSPS) is 14.3. The number of thiophene rings is 1. The molecule has 0 radical (unpaired) electrons.